The zero-order valence-electron chi connectivity index (χ0n) is 14.7. The predicted molar refractivity (Wildman–Crippen MR) is 109 cm³/mol. The van der Waals surface area contributed by atoms with Crippen LogP contribution < -0.4 is 11.1 Å². The molecule has 3 N–H and O–H groups in total. The molecule has 1 aliphatic heterocycles. The molecule has 0 unspecified atom stereocenters. The lowest BCUT2D eigenvalue weighted by Gasteiger charge is -2.32. The summed E-state index contributed by atoms with van der Waals surface area (Å²) in [5, 5.41) is 3.92. The first-order valence-corrected chi connectivity index (χ1v) is 9.08. The fraction of sp³-hybridized carbons (Fsp3) is 0.350. The Morgan fingerprint density at radius 1 is 1.04 bits per heavy atom. The number of hydrogen-bond acceptors (Lipinski definition) is 3. The van der Waals surface area contributed by atoms with Crippen LogP contribution in [-0.2, 0) is 13.1 Å². The third-order valence-electron chi connectivity index (χ3n) is 4.69. The van der Waals surface area contributed by atoms with Gasteiger partial charge in [0, 0.05) is 42.8 Å². The van der Waals surface area contributed by atoms with E-state index in [9.17, 15) is 4.79 Å². The summed E-state index contributed by atoms with van der Waals surface area (Å²) in [6, 6.07) is 15.7. The van der Waals surface area contributed by atoms with E-state index >= 15 is 0 Å². The molecule has 0 spiro atoms. The zero-order valence-corrected chi connectivity index (χ0v) is 16.2. The molecule has 3 rings (SSSR count). The van der Waals surface area contributed by atoms with Crippen molar-refractivity contribution in [3.63, 3.8) is 0 Å². The van der Waals surface area contributed by atoms with Crippen LogP contribution in [0.1, 0.15) is 34.3 Å². The minimum absolute atomic E-state index is 0. The van der Waals surface area contributed by atoms with Gasteiger partial charge < -0.3 is 11.1 Å². The highest BCUT2D eigenvalue weighted by atomic mass is 35.5. The lowest BCUT2D eigenvalue weighted by molar-refractivity contribution is 0.0909. The number of halogens is 2. The van der Waals surface area contributed by atoms with Crippen molar-refractivity contribution in [2.24, 2.45) is 5.73 Å². The van der Waals surface area contributed by atoms with Gasteiger partial charge in [0.05, 0.1) is 0 Å². The van der Waals surface area contributed by atoms with Gasteiger partial charge >= 0.3 is 0 Å². The Bertz CT molecular complexity index is 696. The lowest BCUT2D eigenvalue weighted by Crippen LogP contribution is -2.44. The normalized spacial score (nSPS) is 15.3. The first-order valence-electron chi connectivity index (χ1n) is 8.71. The monoisotopic (exact) mass is 393 g/mol. The van der Waals surface area contributed by atoms with Crippen LogP contribution >= 0.6 is 24.0 Å². The molecule has 0 radical (unpaired) electrons. The maximum atomic E-state index is 12.3. The van der Waals surface area contributed by atoms with Crippen LogP contribution in [0.25, 0.3) is 0 Å². The Morgan fingerprint density at radius 3 is 2.19 bits per heavy atom. The number of nitrogens with one attached hydrogen (secondary N) is 1. The van der Waals surface area contributed by atoms with Crippen molar-refractivity contribution in [1.29, 1.82) is 0 Å². The van der Waals surface area contributed by atoms with Gasteiger partial charge in [-0.1, -0.05) is 35.9 Å². The van der Waals surface area contributed by atoms with E-state index in [1.54, 1.807) is 0 Å². The van der Waals surface area contributed by atoms with Crippen LogP contribution in [0, 0.1) is 0 Å². The van der Waals surface area contributed by atoms with Crippen molar-refractivity contribution in [2.45, 2.75) is 32.0 Å². The molecule has 26 heavy (non-hydrogen) atoms. The number of benzene rings is 2. The van der Waals surface area contributed by atoms with Crippen LogP contribution in [0.4, 0.5) is 0 Å². The number of nitrogens with zero attached hydrogens (tertiary/aromatic N) is 1. The molecule has 0 saturated carbocycles. The summed E-state index contributed by atoms with van der Waals surface area (Å²) >= 11 is 5.93. The topological polar surface area (TPSA) is 58.4 Å². The quantitative estimate of drug-likeness (QED) is 0.815. The second-order valence-corrected chi connectivity index (χ2v) is 6.99. The largest absolute Gasteiger partial charge is 0.349 e. The molecule has 1 aliphatic rings. The molecule has 0 bridgehead atoms. The molecule has 0 aromatic heterocycles. The van der Waals surface area contributed by atoms with E-state index in [0.717, 1.165) is 43.1 Å². The third-order valence-corrected chi connectivity index (χ3v) is 4.95. The molecule has 1 amide bonds. The van der Waals surface area contributed by atoms with Gasteiger partial charge in [-0.2, -0.15) is 0 Å². The number of carbonyl (C=O) groups is 1. The number of likely N-dealkylation sites (tertiary alicyclic amines) is 1. The summed E-state index contributed by atoms with van der Waals surface area (Å²) in [4.78, 5) is 14.8. The van der Waals surface area contributed by atoms with E-state index in [1.165, 1.54) is 5.56 Å². The van der Waals surface area contributed by atoms with Crippen LogP contribution in [0.2, 0.25) is 5.02 Å². The van der Waals surface area contributed by atoms with Gasteiger partial charge in [0.1, 0.15) is 0 Å². The Morgan fingerprint density at radius 2 is 1.62 bits per heavy atom. The molecule has 4 nitrogen and oxygen atoms in total. The minimum Gasteiger partial charge on any atom is -0.349 e. The number of hydrogen-bond donors (Lipinski definition) is 2. The van der Waals surface area contributed by atoms with Crippen molar-refractivity contribution < 1.29 is 4.79 Å². The van der Waals surface area contributed by atoms with Gasteiger partial charge in [-0.15, -0.1) is 12.4 Å². The number of nitrogens with two attached hydrogens (primary N) is 1. The number of piperidine rings is 1. The van der Waals surface area contributed by atoms with E-state index < -0.39 is 0 Å². The van der Waals surface area contributed by atoms with Crippen molar-refractivity contribution >= 4 is 29.9 Å². The molecule has 140 valence electrons. The highest BCUT2D eigenvalue weighted by Gasteiger charge is 2.21. The van der Waals surface area contributed by atoms with Crippen molar-refractivity contribution in [2.75, 3.05) is 13.1 Å². The second kappa shape index (κ2) is 9.93. The summed E-state index contributed by atoms with van der Waals surface area (Å²) < 4.78 is 0. The SMILES string of the molecule is Cl.NCc1ccc(C(=O)NC2CCN(Cc3ccc(Cl)cc3)CC2)cc1. The number of carbonyl (C=O) groups excluding carboxylic acids is 1. The van der Waals surface area contributed by atoms with Crippen LogP contribution in [0.5, 0.6) is 0 Å². The Hall–Kier alpha value is -1.59. The Balaban J connectivity index is 0.00000243. The molecular formula is C20H25Cl2N3O. The van der Waals surface area contributed by atoms with E-state index in [2.05, 4.69) is 22.3 Å². The minimum atomic E-state index is -0.000257. The van der Waals surface area contributed by atoms with Crippen LogP contribution in [0.3, 0.4) is 0 Å². The first kappa shape index (κ1) is 20.7. The third kappa shape index (κ3) is 5.71. The molecule has 6 heteroatoms. The van der Waals surface area contributed by atoms with E-state index in [-0.39, 0.29) is 24.4 Å². The van der Waals surface area contributed by atoms with Gasteiger partial charge in [0.15, 0.2) is 0 Å². The lowest BCUT2D eigenvalue weighted by atomic mass is 10.0. The van der Waals surface area contributed by atoms with Crippen molar-refractivity contribution in [3.8, 4) is 0 Å². The maximum Gasteiger partial charge on any atom is 0.251 e. The summed E-state index contributed by atoms with van der Waals surface area (Å²) in [6.07, 6.45) is 1.94. The molecule has 0 aliphatic carbocycles. The molecule has 2 aromatic carbocycles. The first-order chi connectivity index (χ1) is 12.1. The predicted octanol–water partition coefficient (Wildman–Crippen LogP) is 3.61. The summed E-state index contributed by atoms with van der Waals surface area (Å²) in [7, 11) is 0. The molecule has 0 atom stereocenters. The molecule has 1 saturated heterocycles. The Labute approximate surface area is 166 Å². The summed E-state index contributed by atoms with van der Waals surface area (Å²) in [5.74, 6) is -0.000257. The van der Waals surface area contributed by atoms with Crippen LogP contribution in [0.15, 0.2) is 48.5 Å². The van der Waals surface area contributed by atoms with Gasteiger partial charge in [0.25, 0.3) is 5.91 Å². The zero-order chi connectivity index (χ0) is 17.6. The van der Waals surface area contributed by atoms with Crippen molar-refractivity contribution in [3.05, 3.63) is 70.2 Å². The average Bonchev–Trinajstić information content (AvgIpc) is 2.65. The van der Waals surface area contributed by atoms with E-state index in [4.69, 9.17) is 17.3 Å². The average molecular weight is 394 g/mol. The maximum absolute atomic E-state index is 12.3. The van der Waals surface area contributed by atoms with Gasteiger partial charge in [-0.05, 0) is 48.2 Å². The van der Waals surface area contributed by atoms with Crippen LogP contribution in [-0.4, -0.2) is 29.9 Å². The molecule has 1 fully saturated rings. The number of rotatable bonds is 5. The van der Waals surface area contributed by atoms with Gasteiger partial charge in [-0.3, -0.25) is 9.69 Å². The fourth-order valence-electron chi connectivity index (χ4n) is 3.14. The molecule has 2 aromatic rings. The summed E-state index contributed by atoms with van der Waals surface area (Å²) in [5.41, 5.74) is 8.59. The molecule has 1 heterocycles. The Kier molecular flexibility index (Phi) is 7.91. The standard InChI is InChI=1S/C20H24ClN3O.ClH/c21-18-7-3-16(4-8-18)14-24-11-9-19(10-12-24)23-20(25)17-5-1-15(13-22)2-6-17;/h1-8,19H,9-14,22H2,(H,23,25);1H. The highest BCUT2D eigenvalue weighted by molar-refractivity contribution is 6.30. The van der Waals surface area contributed by atoms with Gasteiger partial charge in [0.2, 0.25) is 0 Å². The van der Waals surface area contributed by atoms with E-state index in [0.29, 0.717) is 12.1 Å². The number of amides is 1. The highest BCUT2D eigenvalue weighted by Crippen LogP contribution is 2.16. The summed E-state index contributed by atoms with van der Waals surface area (Å²) in [6.45, 7) is 3.39. The van der Waals surface area contributed by atoms with Crippen molar-refractivity contribution in [1.82, 2.24) is 10.2 Å². The van der Waals surface area contributed by atoms with E-state index in [1.807, 2.05) is 36.4 Å². The fourth-order valence-corrected chi connectivity index (χ4v) is 3.27. The molecular weight excluding hydrogens is 369 g/mol. The van der Waals surface area contributed by atoms with Gasteiger partial charge in [-0.25, -0.2) is 0 Å². The smallest absolute Gasteiger partial charge is 0.251 e. The second-order valence-electron chi connectivity index (χ2n) is 6.55.